The van der Waals surface area contributed by atoms with Gasteiger partial charge in [0.15, 0.2) is 0 Å². The normalized spacial score (nSPS) is 22.8. The summed E-state index contributed by atoms with van der Waals surface area (Å²) >= 11 is 0. The number of fused-ring (bicyclic) bond motifs is 8. The van der Waals surface area contributed by atoms with Crippen molar-refractivity contribution >= 4 is 11.6 Å². The van der Waals surface area contributed by atoms with Crippen LogP contribution in [0.3, 0.4) is 0 Å². The van der Waals surface area contributed by atoms with Crippen LogP contribution in [0, 0.1) is 0 Å². The number of aromatic nitrogens is 3. The van der Waals surface area contributed by atoms with E-state index in [0.29, 0.717) is 32.7 Å². The van der Waals surface area contributed by atoms with Crippen LogP contribution in [0.25, 0.3) is 0 Å². The second-order valence-corrected chi connectivity index (χ2v) is 10.4. The van der Waals surface area contributed by atoms with Gasteiger partial charge < -0.3 is 14.7 Å². The first-order valence-corrected chi connectivity index (χ1v) is 13.2. The Labute approximate surface area is 221 Å². The van der Waals surface area contributed by atoms with Gasteiger partial charge in [0.25, 0.3) is 0 Å². The molecule has 0 saturated carbocycles. The number of hydrogen-bond donors (Lipinski definition) is 1. The van der Waals surface area contributed by atoms with Gasteiger partial charge in [0.1, 0.15) is 17.2 Å². The maximum atomic E-state index is 14.6. The van der Waals surface area contributed by atoms with Crippen molar-refractivity contribution in [1.29, 1.82) is 0 Å². The number of carbonyl (C=O) groups is 1. The lowest BCUT2D eigenvalue weighted by molar-refractivity contribution is -0.124. The fraction of sp³-hybridized carbons (Fsp3) is 0.300. The summed E-state index contributed by atoms with van der Waals surface area (Å²) in [5.74, 6) is 1.14. The van der Waals surface area contributed by atoms with Crippen molar-refractivity contribution in [1.82, 2.24) is 19.9 Å². The van der Waals surface area contributed by atoms with Gasteiger partial charge in [-0.1, -0.05) is 47.7 Å². The molecule has 0 unspecified atom stereocenters. The van der Waals surface area contributed by atoms with Crippen LogP contribution >= 0.6 is 0 Å². The minimum absolute atomic E-state index is 0.0952. The van der Waals surface area contributed by atoms with Crippen molar-refractivity contribution in [3.8, 4) is 11.5 Å². The monoisotopic (exact) mass is 507 g/mol. The van der Waals surface area contributed by atoms with Gasteiger partial charge >= 0.3 is 0 Å². The highest BCUT2D eigenvalue weighted by atomic mass is 16.5. The standard InChI is InChI=1S/C30H29N5O3/c36-24-8-3-6-21(16-24)18-33-14-12-30-26-10-1-2-11-27(26)35(29(30)37)20-23-19-34(32-31-23)13-5-15-38-25-9-4-7-22(17-25)28(30)33/h1-4,6-11,16-17,19,28,36H,5,12-15,18,20H2/t28-,30-/m0/s1. The zero-order chi connectivity index (χ0) is 25.7. The molecule has 6 bridgehead atoms. The molecule has 0 aliphatic carbocycles. The Balaban J connectivity index is 1.39. The minimum Gasteiger partial charge on any atom is -0.508 e. The third-order valence-electron chi connectivity index (χ3n) is 8.10. The quantitative estimate of drug-likeness (QED) is 0.438. The molecule has 3 aromatic carbocycles. The first-order chi connectivity index (χ1) is 18.6. The van der Waals surface area contributed by atoms with Gasteiger partial charge in [-0.3, -0.25) is 14.4 Å². The van der Waals surface area contributed by atoms with E-state index < -0.39 is 5.41 Å². The number of likely N-dealkylation sites (tertiary alicyclic amines) is 1. The number of phenolic OH excluding ortho intramolecular Hbond substituents is 1. The Kier molecular flexibility index (Phi) is 5.44. The highest BCUT2D eigenvalue weighted by Gasteiger charge is 2.60. The molecule has 192 valence electrons. The molecule has 1 spiro atoms. The van der Waals surface area contributed by atoms with Gasteiger partial charge in [-0.25, -0.2) is 0 Å². The number of nitrogens with zero attached hydrogens (tertiary/aromatic N) is 5. The first-order valence-electron chi connectivity index (χ1n) is 13.2. The van der Waals surface area contributed by atoms with Gasteiger partial charge in [0.2, 0.25) is 5.91 Å². The van der Waals surface area contributed by atoms with Crippen LogP contribution in [-0.2, 0) is 29.8 Å². The summed E-state index contributed by atoms with van der Waals surface area (Å²) in [7, 11) is 0. The zero-order valence-corrected chi connectivity index (χ0v) is 21.0. The molecule has 3 aliphatic rings. The first kappa shape index (κ1) is 23.0. The molecule has 1 fully saturated rings. The second-order valence-electron chi connectivity index (χ2n) is 10.4. The predicted molar refractivity (Wildman–Crippen MR) is 142 cm³/mol. The summed E-state index contributed by atoms with van der Waals surface area (Å²) in [5.41, 5.74) is 4.09. The van der Waals surface area contributed by atoms with Gasteiger partial charge in [-0.2, -0.15) is 0 Å². The van der Waals surface area contributed by atoms with Crippen LogP contribution in [0.5, 0.6) is 11.5 Å². The summed E-state index contributed by atoms with van der Waals surface area (Å²) in [4.78, 5) is 18.9. The van der Waals surface area contributed by atoms with Crippen LogP contribution in [0.2, 0.25) is 0 Å². The molecule has 1 saturated heterocycles. The van der Waals surface area contributed by atoms with Crippen molar-refractivity contribution in [3.05, 3.63) is 101 Å². The molecule has 7 rings (SSSR count). The molecule has 4 heterocycles. The number of hydrogen-bond acceptors (Lipinski definition) is 6. The Morgan fingerprint density at radius 1 is 1.03 bits per heavy atom. The third kappa shape index (κ3) is 3.67. The maximum Gasteiger partial charge on any atom is 0.240 e. The average Bonchev–Trinajstić information content (AvgIpc) is 3.59. The van der Waals surface area contributed by atoms with Crippen molar-refractivity contribution in [2.45, 2.75) is 43.9 Å². The van der Waals surface area contributed by atoms with Crippen LogP contribution in [0.4, 0.5) is 5.69 Å². The molecule has 0 radical (unpaired) electrons. The van der Waals surface area contributed by atoms with Gasteiger partial charge in [-0.15, -0.1) is 5.10 Å². The Morgan fingerprint density at radius 3 is 2.84 bits per heavy atom. The maximum absolute atomic E-state index is 14.6. The van der Waals surface area contributed by atoms with Crippen molar-refractivity contribution in [2.75, 3.05) is 18.1 Å². The van der Waals surface area contributed by atoms with E-state index in [0.717, 1.165) is 46.8 Å². The molecule has 2 atom stereocenters. The van der Waals surface area contributed by atoms with Crippen molar-refractivity contribution in [2.24, 2.45) is 0 Å². The number of rotatable bonds is 2. The lowest BCUT2D eigenvalue weighted by atomic mass is 9.72. The highest BCUT2D eigenvalue weighted by Crippen LogP contribution is 2.57. The lowest BCUT2D eigenvalue weighted by Crippen LogP contribution is -2.44. The minimum atomic E-state index is -0.748. The molecule has 1 aromatic heterocycles. The van der Waals surface area contributed by atoms with Crippen LogP contribution in [-0.4, -0.2) is 44.1 Å². The SMILES string of the molecule is O=C1N2Cc3cn(nn3)CCCOc3cccc(c3)[C@@H]3N(Cc4cccc(O)c4)CC[C@@]13c1ccccc12. The van der Waals surface area contributed by atoms with Crippen molar-refractivity contribution < 1.29 is 14.6 Å². The number of anilines is 1. The van der Waals surface area contributed by atoms with Crippen LogP contribution in [0.15, 0.2) is 79.0 Å². The Hall–Kier alpha value is -4.17. The lowest BCUT2D eigenvalue weighted by Gasteiger charge is -2.35. The number of benzene rings is 3. The number of amides is 1. The van der Waals surface area contributed by atoms with Crippen molar-refractivity contribution in [3.63, 3.8) is 0 Å². The third-order valence-corrected chi connectivity index (χ3v) is 8.10. The van der Waals surface area contributed by atoms with E-state index in [-0.39, 0.29) is 17.7 Å². The van der Waals surface area contributed by atoms with E-state index >= 15 is 0 Å². The molecule has 1 N–H and O–H groups in total. The van der Waals surface area contributed by atoms with E-state index in [2.05, 4.69) is 33.4 Å². The van der Waals surface area contributed by atoms with E-state index in [1.165, 1.54) is 0 Å². The number of phenols is 1. The molecule has 1 amide bonds. The van der Waals surface area contributed by atoms with E-state index in [4.69, 9.17) is 4.74 Å². The summed E-state index contributed by atoms with van der Waals surface area (Å²) in [6.45, 7) is 3.01. The molecule has 4 aromatic rings. The number of ether oxygens (including phenoxy) is 1. The Bertz CT molecular complexity index is 1520. The Morgan fingerprint density at radius 2 is 1.92 bits per heavy atom. The second kappa shape index (κ2) is 8.99. The van der Waals surface area contributed by atoms with E-state index in [1.807, 2.05) is 58.2 Å². The summed E-state index contributed by atoms with van der Waals surface area (Å²) in [5, 5.41) is 18.8. The fourth-order valence-corrected chi connectivity index (χ4v) is 6.54. The van der Waals surface area contributed by atoms with Crippen LogP contribution in [0.1, 0.15) is 41.3 Å². The average molecular weight is 508 g/mol. The molecule has 8 nitrogen and oxygen atoms in total. The molecule has 38 heavy (non-hydrogen) atoms. The predicted octanol–water partition coefficient (Wildman–Crippen LogP) is 4.20. The largest absolute Gasteiger partial charge is 0.508 e. The number of carbonyl (C=O) groups excluding carboxylic acids is 1. The molecular weight excluding hydrogens is 478 g/mol. The molecule has 8 heteroatoms. The summed E-state index contributed by atoms with van der Waals surface area (Å²) in [6, 6.07) is 23.6. The summed E-state index contributed by atoms with van der Waals surface area (Å²) in [6.07, 6.45) is 3.43. The molecule has 3 aliphatic heterocycles. The van der Waals surface area contributed by atoms with Crippen LogP contribution < -0.4 is 9.64 Å². The summed E-state index contributed by atoms with van der Waals surface area (Å²) < 4.78 is 7.98. The van der Waals surface area contributed by atoms with Gasteiger partial charge in [-0.05, 0) is 53.4 Å². The fourth-order valence-electron chi connectivity index (χ4n) is 6.54. The smallest absolute Gasteiger partial charge is 0.240 e. The van der Waals surface area contributed by atoms with Gasteiger partial charge in [0, 0.05) is 31.7 Å². The number of aryl methyl sites for hydroxylation is 1. The highest BCUT2D eigenvalue weighted by molar-refractivity contribution is 6.09. The number of aromatic hydroxyl groups is 1. The zero-order valence-electron chi connectivity index (χ0n) is 21.0. The topological polar surface area (TPSA) is 83.7 Å². The van der Waals surface area contributed by atoms with Gasteiger partial charge in [0.05, 0.1) is 30.8 Å². The van der Waals surface area contributed by atoms with E-state index in [1.54, 1.807) is 12.1 Å². The van der Waals surface area contributed by atoms with E-state index in [9.17, 15) is 9.90 Å². The number of para-hydroxylation sites is 1. The molecular formula is C30H29N5O3.